The number of carbonyl (C=O) groups is 2. The number of carbonyl (C=O) groups excluding carboxylic acids is 2. The smallest absolute Gasteiger partial charge is 0.339 e. The van der Waals surface area contributed by atoms with Crippen molar-refractivity contribution < 1.29 is 14.3 Å². The zero-order chi connectivity index (χ0) is 20.1. The Morgan fingerprint density at radius 3 is 2.55 bits per heavy atom. The van der Waals surface area contributed by atoms with Crippen LogP contribution >= 0.6 is 0 Å². The Hall–Kier alpha value is -3.21. The quantitative estimate of drug-likeness (QED) is 0.406. The van der Waals surface area contributed by atoms with Gasteiger partial charge in [0, 0.05) is 16.6 Å². The van der Waals surface area contributed by atoms with Crippen molar-refractivity contribution in [3.8, 4) is 0 Å². The molecule has 0 radical (unpaired) electrons. The number of nitrogens with zero attached hydrogens (tertiary/aromatic N) is 1. The Morgan fingerprint density at radius 1 is 0.931 bits per heavy atom. The molecule has 0 unspecified atom stereocenters. The Kier molecular flexibility index (Phi) is 5.84. The van der Waals surface area contributed by atoms with Crippen molar-refractivity contribution in [1.82, 2.24) is 10.3 Å². The Bertz CT molecular complexity index is 1030. The lowest BCUT2D eigenvalue weighted by atomic mass is 9.97. The summed E-state index contributed by atoms with van der Waals surface area (Å²) < 4.78 is 5.55. The summed E-state index contributed by atoms with van der Waals surface area (Å²) in [7, 11) is 0. The fourth-order valence-corrected chi connectivity index (χ4v) is 3.85. The van der Waals surface area contributed by atoms with Gasteiger partial charge in [-0.2, -0.15) is 0 Å². The molecular formula is C24H24N2O3. The third-order valence-corrected chi connectivity index (χ3v) is 5.28. The number of esters is 1. The highest BCUT2D eigenvalue weighted by molar-refractivity contribution is 6.05. The van der Waals surface area contributed by atoms with E-state index in [2.05, 4.69) is 5.32 Å². The third kappa shape index (κ3) is 4.29. The molecule has 1 heterocycles. The number of ether oxygens (including phenoxy) is 1. The molecule has 0 bridgehead atoms. The van der Waals surface area contributed by atoms with Gasteiger partial charge in [-0.3, -0.25) is 9.78 Å². The van der Waals surface area contributed by atoms with Crippen molar-refractivity contribution in [3.63, 3.8) is 0 Å². The third-order valence-electron chi connectivity index (χ3n) is 5.28. The Morgan fingerprint density at radius 2 is 1.69 bits per heavy atom. The number of hydrogen-bond donors (Lipinski definition) is 1. The van der Waals surface area contributed by atoms with Crippen molar-refractivity contribution in [1.29, 1.82) is 0 Å². The number of nitrogens with one attached hydrogen (secondary N) is 1. The van der Waals surface area contributed by atoms with Gasteiger partial charge in [0.25, 0.3) is 5.91 Å². The van der Waals surface area contributed by atoms with Gasteiger partial charge in [0.05, 0.1) is 17.6 Å². The van der Waals surface area contributed by atoms with Crippen molar-refractivity contribution in [3.05, 3.63) is 77.0 Å². The van der Waals surface area contributed by atoms with Crippen LogP contribution in [0.4, 0.5) is 0 Å². The van der Waals surface area contributed by atoms with Gasteiger partial charge in [-0.15, -0.1) is 0 Å². The van der Waals surface area contributed by atoms with Gasteiger partial charge in [-0.25, -0.2) is 4.79 Å². The van der Waals surface area contributed by atoms with Gasteiger partial charge >= 0.3 is 5.97 Å². The number of rotatable bonds is 5. The number of aryl methyl sites for hydroxylation is 1. The molecule has 1 N–H and O–H groups in total. The van der Waals surface area contributed by atoms with Crippen molar-refractivity contribution in [2.45, 2.75) is 32.1 Å². The van der Waals surface area contributed by atoms with Crippen LogP contribution in [0, 0.1) is 0 Å². The first-order chi connectivity index (χ1) is 14.2. The van der Waals surface area contributed by atoms with Crippen LogP contribution in [0.2, 0.25) is 0 Å². The van der Waals surface area contributed by atoms with Crippen LogP contribution in [0.15, 0.2) is 54.6 Å². The maximum atomic E-state index is 13.0. The van der Waals surface area contributed by atoms with E-state index in [-0.39, 0.29) is 25.0 Å². The second-order valence-electron chi connectivity index (χ2n) is 7.25. The van der Waals surface area contributed by atoms with Crippen molar-refractivity contribution in [2.24, 2.45) is 0 Å². The first kappa shape index (κ1) is 19.1. The summed E-state index contributed by atoms with van der Waals surface area (Å²) in [6, 6.07) is 16.7. The van der Waals surface area contributed by atoms with Gasteiger partial charge < -0.3 is 10.1 Å². The normalized spacial score (nSPS) is 13.4. The molecule has 4 rings (SSSR count). The molecule has 5 nitrogen and oxygen atoms in total. The molecule has 3 aromatic rings. The molecule has 0 spiro atoms. The van der Waals surface area contributed by atoms with Crippen LogP contribution in [0.3, 0.4) is 0 Å². The number of aromatic nitrogens is 1. The molecule has 0 atom stereocenters. The molecule has 2 aromatic carbocycles. The number of pyridine rings is 1. The molecule has 148 valence electrons. The highest BCUT2D eigenvalue weighted by Crippen LogP contribution is 2.29. The van der Waals surface area contributed by atoms with E-state index in [0.717, 1.165) is 54.3 Å². The van der Waals surface area contributed by atoms with E-state index < -0.39 is 0 Å². The molecule has 1 aliphatic rings. The van der Waals surface area contributed by atoms with E-state index in [9.17, 15) is 9.59 Å². The molecule has 0 saturated carbocycles. The Balaban J connectivity index is 1.48. The van der Waals surface area contributed by atoms with Crippen LogP contribution in [-0.4, -0.2) is 30.0 Å². The van der Waals surface area contributed by atoms with E-state index in [0.29, 0.717) is 11.1 Å². The summed E-state index contributed by atoms with van der Waals surface area (Å²) in [5.41, 5.74) is 4.11. The summed E-state index contributed by atoms with van der Waals surface area (Å²) in [4.78, 5) is 29.9. The molecule has 1 amide bonds. The molecule has 0 aliphatic heterocycles. The molecule has 1 aromatic heterocycles. The largest absolute Gasteiger partial charge is 0.460 e. The standard InChI is InChI=1S/C24H24N2O3/c27-23(17-9-3-1-4-10-17)25-15-16-29-24(28)22-18-11-5-2-6-13-20(18)26-21-14-8-7-12-19(21)22/h1,3-4,7-10,12,14H,2,5-6,11,13,15-16H2,(H,25,27). The first-order valence-corrected chi connectivity index (χ1v) is 10.1. The minimum atomic E-state index is -0.337. The molecule has 0 fully saturated rings. The second-order valence-corrected chi connectivity index (χ2v) is 7.25. The molecule has 5 heteroatoms. The average molecular weight is 388 g/mol. The topological polar surface area (TPSA) is 68.3 Å². The number of fused-ring (bicyclic) bond motifs is 2. The van der Waals surface area contributed by atoms with E-state index in [1.165, 1.54) is 0 Å². The summed E-state index contributed by atoms with van der Waals surface area (Å²) in [6.07, 6.45) is 5.04. The minimum absolute atomic E-state index is 0.128. The van der Waals surface area contributed by atoms with Gasteiger partial charge in [0.15, 0.2) is 0 Å². The lowest BCUT2D eigenvalue weighted by Gasteiger charge is -2.15. The van der Waals surface area contributed by atoms with Gasteiger partial charge in [-0.1, -0.05) is 42.8 Å². The van der Waals surface area contributed by atoms with Crippen molar-refractivity contribution in [2.75, 3.05) is 13.2 Å². The highest BCUT2D eigenvalue weighted by atomic mass is 16.5. The van der Waals surface area contributed by atoms with Crippen LogP contribution in [0.25, 0.3) is 10.9 Å². The number of benzene rings is 2. The first-order valence-electron chi connectivity index (χ1n) is 10.1. The van der Waals surface area contributed by atoms with Crippen LogP contribution < -0.4 is 5.32 Å². The second kappa shape index (κ2) is 8.86. The predicted molar refractivity (Wildman–Crippen MR) is 112 cm³/mol. The van der Waals surface area contributed by atoms with Gasteiger partial charge in [0.2, 0.25) is 0 Å². The van der Waals surface area contributed by atoms with E-state index in [1.54, 1.807) is 12.1 Å². The highest BCUT2D eigenvalue weighted by Gasteiger charge is 2.22. The average Bonchev–Trinajstić information content (AvgIpc) is 3.00. The molecule has 0 saturated heterocycles. The monoisotopic (exact) mass is 388 g/mol. The zero-order valence-electron chi connectivity index (χ0n) is 16.3. The van der Waals surface area contributed by atoms with E-state index in [4.69, 9.17) is 9.72 Å². The lowest BCUT2D eigenvalue weighted by molar-refractivity contribution is 0.0504. The SMILES string of the molecule is O=C(NCCOC(=O)c1c2c(nc3ccccc13)CCCCC2)c1ccccc1. The van der Waals surface area contributed by atoms with Gasteiger partial charge in [0.1, 0.15) is 6.61 Å². The fourth-order valence-electron chi connectivity index (χ4n) is 3.85. The fraction of sp³-hybridized carbons (Fsp3) is 0.292. The zero-order valence-corrected chi connectivity index (χ0v) is 16.3. The Labute approximate surface area is 170 Å². The summed E-state index contributed by atoms with van der Waals surface area (Å²) in [6.45, 7) is 0.396. The lowest BCUT2D eigenvalue weighted by Crippen LogP contribution is -2.28. The maximum Gasteiger partial charge on any atom is 0.339 e. The minimum Gasteiger partial charge on any atom is -0.460 e. The molecular weight excluding hydrogens is 364 g/mol. The maximum absolute atomic E-state index is 13.0. The van der Waals surface area contributed by atoms with Crippen LogP contribution in [-0.2, 0) is 17.6 Å². The van der Waals surface area contributed by atoms with Crippen molar-refractivity contribution >= 4 is 22.8 Å². The summed E-state index contributed by atoms with van der Waals surface area (Å²) >= 11 is 0. The predicted octanol–water partition coefficient (Wildman–Crippen LogP) is 4.09. The summed E-state index contributed by atoms with van der Waals surface area (Å²) in [5.74, 6) is -0.513. The molecule has 29 heavy (non-hydrogen) atoms. The number of amides is 1. The molecule has 1 aliphatic carbocycles. The van der Waals surface area contributed by atoms with Crippen LogP contribution in [0.5, 0.6) is 0 Å². The van der Waals surface area contributed by atoms with Crippen LogP contribution in [0.1, 0.15) is 51.2 Å². The van der Waals surface area contributed by atoms with Gasteiger partial charge in [-0.05, 0) is 49.4 Å². The number of hydrogen-bond acceptors (Lipinski definition) is 4. The number of para-hydroxylation sites is 1. The summed E-state index contributed by atoms with van der Waals surface area (Å²) in [5, 5.41) is 3.63. The van der Waals surface area contributed by atoms with E-state index >= 15 is 0 Å². The van der Waals surface area contributed by atoms with E-state index in [1.807, 2.05) is 42.5 Å².